The molecule has 2 N–H and O–H groups in total. The van der Waals surface area contributed by atoms with Gasteiger partial charge in [0.25, 0.3) is 5.91 Å². The van der Waals surface area contributed by atoms with Gasteiger partial charge in [0.1, 0.15) is 5.82 Å². The molecule has 1 aliphatic rings. The average Bonchev–Trinajstić information content (AvgIpc) is 3.56. The highest BCUT2D eigenvalue weighted by molar-refractivity contribution is 5.96. The number of carbonyl (C=O) groups is 2. The number of aromatic nitrogens is 6. The molecule has 4 aromatic heterocycles. The van der Waals surface area contributed by atoms with Gasteiger partial charge in [0.2, 0.25) is 5.91 Å². The Morgan fingerprint density at radius 1 is 1.00 bits per heavy atom. The number of carbonyl (C=O) groups excluding carboxylic acids is 2. The summed E-state index contributed by atoms with van der Waals surface area (Å²) in [4.78, 5) is 28.5. The molecular weight excluding hydrogens is 456 g/mol. The predicted octanol–water partition coefficient (Wildman–Crippen LogP) is 3.05. The van der Waals surface area contributed by atoms with E-state index in [0.717, 1.165) is 46.7 Å². The van der Waals surface area contributed by atoms with Crippen molar-refractivity contribution in [2.45, 2.75) is 26.2 Å². The second-order valence-corrected chi connectivity index (χ2v) is 9.06. The Morgan fingerprint density at radius 2 is 1.81 bits per heavy atom. The van der Waals surface area contributed by atoms with Gasteiger partial charge in [0, 0.05) is 24.7 Å². The fourth-order valence-corrected chi connectivity index (χ4v) is 4.27. The van der Waals surface area contributed by atoms with Gasteiger partial charge >= 0.3 is 0 Å². The summed E-state index contributed by atoms with van der Waals surface area (Å²) in [6.07, 6.45) is 6.08. The monoisotopic (exact) mass is 480 g/mol. The first kappa shape index (κ1) is 21.9. The van der Waals surface area contributed by atoms with Gasteiger partial charge in [-0.3, -0.25) is 14.0 Å². The van der Waals surface area contributed by atoms with E-state index >= 15 is 0 Å². The number of anilines is 1. The maximum atomic E-state index is 12.0. The van der Waals surface area contributed by atoms with Gasteiger partial charge in [0.15, 0.2) is 17.1 Å². The highest BCUT2D eigenvalue weighted by Gasteiger charge is 2.30. The minimum Gasteiger partial charge on any atom is -0.355 e. The first-order chi connectivity index (χ1) is 17.5. The lowest BCUT2D eigenvalue weighted by molar-refractivity contribution is -0.117. The van der Waals surface area contributed by atoms with E-state index in [2.05, 4.69) is 30.9 Å². The van der Waals surface area contributed by atoms with Crippen LogP contribution in [0.1, 0.15) is 40.3 Å². The number of nitrogens with zero attached hydrogens (tertiary/aromatic N) is 6. The van der Waals surface area contributed by atoms with Crippen molar-refractivity contribution in [1.29, 1.82) is 0 Å². The zero-order valence-electron chi connectivity index (χ0n) is 19.9. The number of hydrogen-bond donors (Lipinski definition) is 2. The quantitative estimate of drug-likeness (QED) is 0.386. The van der Waals surface area contributed by atoms with Crippen LogP contribution in [0.25, 0.3) is 22.4 Å². The summed E-state index contributed by atoms with van der Waals surface area (Å²) in [7, 11) is 1.63. The van der Waals surface area contributed by atoms with E-state index in [-0.39, 0.29) is 17.7 Å². The van der Waals surface area contributed by atoms with Crippen LogP contribution in [0.3, 0.4) is 0 Å². The highest BCUT2D eigenvalue weighted by atomic mass is 16.2. The van der Waals surface area contributed by atoms with Gasteiger partial charge < -0.3 is 10.6 Å². The molecule has 0 radical (unpaired) electrons. The molecule has 10 nitrogen and oxygen atoms in total. The van der Waals surface area contributed by atoms with Gasteiger partial charge in [-0.25, -0.2) is 9.50 Å². The van der Waals surface area contributed by atoms with Crippen LogP contribution >= 0.6 is 0 Å². The third kappa shape index (κ3) is 4.06. The maximum Gasteiger partial charge on any atom is 0.251 e. The third-order valence-electron chi connectivity index (χ3n) is 6.42. The molecule has 6 rings (SSSR count). The number of hydrogen-bond acceptors (Lipinski definition) is 6. The lowest BCUT2D eigenvalue weighted by Crippen LogP contribution is -2.18. The molecule has 4 heterocycles. The molecule has 1 saturated carbocycles. The lowest BCUT2D eigenvalue weighted by Gasteiger charge is -2.09. The van der Waals surface area contributed by atoms with Gasteiger partial charge in [-0.05, 0) is 66.8 Å². The summed E-state index contributed by atoms with van der Waals surface area (Å²) in [5.74, 6) is 1.28. The Labute approximate surface area is 206 Å². The molecule has 10 heteroatoms. The lowest BCUT2D eigenvalue weighted by atomic mass is 10.0. The minimum atomic E-state index is -0.102. The van der Waals surface area contributed by atoms with Gasteiger partial charge in [-0.2, -0.15) is 5.10 Å². The van der Waals surface area contributed by atoms with Crippen molar-refractivity contribution in [3.05, 3.63) is 77.5 Å². The van der Waals surface area contributed by atoms with Gasteiger partial charge in [-0.1, -0.05) is 12.1 Å². The zero-order chi connectivity index (χ0) is 24.8. The Morgan fingerprint density at radius 3 is 2.58 bits per heavy atom. The summed E-state index contributed by atoms with van der Waals surface area (Å²) in [5, 5.41) is 18.9. The molecule has 1 aromatic carbocycles. The number of aryl methyl sites for hydroxylation is 1. The normalized spacial score (nSPS) is 13.3. The number of imidazole rings is 1. The van der Waals surface area contributed by atoms with Crippen molar-refractivity contribution in [3.8, 4) is 11.1 Å². The largest absolute Gasteiger partial charge is 0.355 e. The Bertz CT molecular complexity index is 1650. The van der Waals surface area contributed by atoms with E-state index in [0.29, 0.717) is 23.4 Å². The predicted molar refractivity (Wildman–Crippen MR) is 134 cm³/mol. The molecular formula is C26H24N8O2. The minimum absolute atomic E-state index is 0.0165. The summed E-state index contributed by atoms with van der Waals surface area (Å²) < 4.78 is 3.63. The van der Waals surface area contributed by atoms with Crippen LogP contribution in [-0.2, 0) is 11.2 Å². The Balaban J connectivity index is 1.27. The summed E-state index contributed by atoms with van der Waals surface area (Å²) in [5.41, 5.74) is 5.75. The number of pyridine rings is 1. The molecule has 0 aliphatic heterocycles. The topological polar surface area (TPSA) is 119 Å². The standard InChI is InChI=1S/C26H24N8O2/c1-15-11-17(5-8-20(15)26(36)27-2)18-6-9-23-30-31-24(33(23)13-18)12-19-7-10-22-28-21(14-34(22)32-19)29-25(35)16-3-4-16/h5-11,13-14,16H,3-4,12H2,1-2H3,(H,27,36)(H,29,35). The van der Waals surface area contributed by atoms with Crippen LogP contribution in [0.5, 0.6) is 0 Å². The summed E-state index contributed by atoms with van der Waals surface area (Å²) in [6.45, 7) is 1.93. The van der Waals surface area contributed by atoms with Crippen LogP contribution in [0.4, 0.5) is 5.82 Å². The molecule has 0 bridgehead atoms. The Kier molecular flexibility index (Phi) is 5.21. The van der Waals surface area contributed by atoms with Crippen molar-refractivity contribution in [2.24, 2.45) is 5.92 Å². The highest BCUT2D eigenvalue weighted by Crippen LogP contribution is 2.30. The van der Waals surface area contributed by atoms with Crippen molar-refractivity contribution in [1.82, 2.24) is 34.5 Å². The van der Waals surface area contributed by atoms with Crippen LogP contribution in [0.2, 0.25) is 0 Å². The van der Waals surface area contributed by atoms with E-state index < -0.39 is 0 Å². The van der Waals surface area contributed by atoms with Crippen LogP contribution < -0.4 is 10.6 Å². The number of fused-ring (bicyclic) bond motifs is 2. The third-order valence-corrected chi connectivity index (χ3v) is 6.42. The van der Waals surface area contributed by atoms with E-state index in [1.165, 1.54) is 0 Å². The molecule has 5 aromatic rings. The molecule has 0 spiro atoms. The molecule has 0 atom stereocenters. The fourth-order valence-electron chi connectivity index (χ4n) is 4.27. The molecule has 0 unspecified atom stereocenters. The average molecular weight is 481 g/mol. The number of amides is 2. The SMILES string of the molecule is CNC(=O)c1ccc(-c2ccc3nnc(Cc4ccc5nc(NC(=O)C6CC6)cn5n4)n3c2)cc1C. The molecule has 1 aliphatic carbocycles. The van der Waals surface area contributed by atoms with Crippen LogP contribution in [-0.4, -0.2) is 48.1 Å². The smallest absolute Gasteiger partial charge is 0.251 e. The molecule has 2 amide bonds. The molecule has 0 saturated heterocycles. The van der Waals surface area contributed by atoms with Gasteiger partial charge in [0.05, 0.1) is 18.3 Å². The summed E-state index contributed by atoms with van der Waals surface area (Å²) >= 11 is 0. The first-order valence-electron chi connectivity index (χ1n) is 11.8. The first-order valence-corrected chi connectivity index (χ1v) is 11.8. The van der Waals surface area contributed by atoms with E-state index in [4.69, 9.17) is 0 Å². The second-order valence-electron chi connectivity index (χ2n) is 9.06. The van der Waals surface area contributed by atoms with Crippen molar-refractivity contribution >= 4 is 28.9 Å². The van der Waals surface area contributed by atoms with Crippen LogP contribution in [0.15, 0.2) is 54.9 Å². The van der Waals surface area contributed by atoms with Crippen molar-refractivity contribution in [2.75, 3.05) is 12.4 Å². The van der Waals surface area contributed by atoms with E-state index in [9.17, 15) is 9.59 Å². The molecule has 1 fully saturated rings. The summed E-state index contributed by atoms with van der Waals surface area (Å²) in [6, 6.07) is 13.5. The number of nitrogens with one attached hydrogen (secondary N) is 2. The van der Waals surface area contributed by atoms with E-state index in [1.807, 2.05) is 60.0 Å². The maximum absolute atomic E-state index is 12.0. The van der Waals surface area contributed by atoms with Crippen molar-refractivity contribution < 1.29 is 9.59 Å². The fraction of sp³-hybridized carbons (Fsp3) is 0.231. The van der Waals surface area contributed by atoms with E-state index in [1.54, 1.807) is 17.8 Å². The number of rotatable bonds is 6. The van der Waals surface area contributed by atoms with Crippen molar-refractivity contribution in [3.63, 3.8) is 0 Å². The molecule has 180 valence electrons. The molecule has 36 heavy (non-hydrogen) atoms. The van der Waals surface area contributed by atoms with Gasteiger partial charge in [-0.15, -0.1) is 10.2 Å². The number of benzene rings is 1. The van der Waals surface area contributed by atoms with Crippen LogP contribution in [0, 0.1) is 12.8 Å². The zero-order valence-corrected chi connectivity index (χ0v) is 19.9. The second kappa shape index (κ2) is 8.56. The Hall–Kier alpha value is -4.60.